The molecule has 2 N–H and O–H groups in total. The summed E-state index contributed by atoms with van der Waals surface area (Å²) in [5, 5.41) is 7.43. The first kappa shape index (κ1) is 21.5. The molecule has 7 aromatic rings. The third kappa shape index (κ3) is 3.33. The van der Waals surface area contributed by atoms with Crippen molar-refractivity contribution in [2.75, 3.05) is 0 Å². The van der Waals surface area contributed by atoms with Gasteiger partial charge in [0.15, 0.2) is 0 Å². The lowest BCUT2D eigenvalue weighted by Gasteiger charge is -2.11. The lowest BCUT2D eigenvalue weighted by molar-refractivity contribution is 1.32. The zero-order chi connectivity index (χ0) is 26.2. The Morgan fingerprint density at radius 3 is 1.77 bits per heavy atom. The summed E-state index contributed by atoms with van der Waals surface area (Å²) in [4.78, 5) is 17.1. The molecule has 186 valence electrons. The summed E-state index contributed by atoms with van der Waals surface area (Å²) < 4.78 is 0. The van der Waals surface area contributed by atoms with Gasteiger partial charge in [-0.1, -0.05) is 48.5 Å². The minimum atomic E-state index is 0.925. The van der Waals surface area contributed by atoms with Crippen LogP contribution in [0.25, 0.3) is 89.1 Å². The van der Waals surface area contributed by atoms with Crippen molar-refractivity contribution in [3.63, 3.8) is 0 Å². The van der Waals surface area contributed by atoms with Crippen LogP contribution in [0.5, 0.6) is 0 Å². The SMILES string of the molecule is C1=Cc2cc3ccc(cc4nc(cc5ccc(cc1n2)[nH]5)-c1ccc2ccc5cc6ccccc6cc5c2c1-4)[nH]3. The summed E-state index contributed by atoms with van der Waals surface area (Å²) in [6.07, 6.45) is 4.09. The monoisotopic (exact) mass is 510 g/mol. The minimum Gasteiger partial charge on any atom is -0.355 e. The third-order valence-electron chi connectivity index (χ3n) is 7.98. The number of fused-ring (bicyclic) bond motifs is 16. The van der Waals surface area contributed by atoms with Gasteiger partial charge >= 0.3 is 0 Å². The molecular formula is C36H22N4. The van der Waals surface area contributed by atoms with Gasteiger partial charge in [-0.3, -0.25) is 0 Å². The van der Waals surface area contributed by atoms with E-state index in [1.807, 2.05) is 12.2 Å². The highest BCUT2D eigenvalue weighted by Gasteiger charge is 2.21. The number of benzene rings is 4. The van der Waals surface area contributed by atoms with E-state index < -0.39 is 0 Å². The molecule has 0 amide bonds. The molecular weight excluding hydrogens is 488 g/mol. The van der Waals surface area contributed by atoms with E-state index in [1.165, 1.54) is 37.9 Å². The lowest BCUT2D eigenvalue weighted by atomic mass is 9.91. The van der Waals surface area contributed by atoms with Gasteiger partial charge in [-0.2, -0.15) is 0 Å². The van der Waals surface area contributed by atoms with Crippen molar-refractivity contribution in [3.8, 4) is 22.5 Å². The van der Waals surface area contributed by atoms with Gasteiger partial charge in [-0.25, -0.2) is 9.97 Å². The molecule has 0 fully saturated rings. The van der Waals surface area contributed by atoms with Crippen LogP contribution >= 0.6 is 0 Å². The Balaban J connectivity index is 1.42. The van der Waals surface area contributed by atoms with E-state index in [0.717, 1.165) is 50.4 Å². The van der Waals surface area contributed by atoms with Crippen molar-refractivity contribution in [1.29, 1.82) is 0 Å². The summed E-state index contributed by atoms with van der Waals surface area (Å²) in [5.74, 6) is 0. The van der Waals surface area contributed by atoms with E-state index >= 15 is 0 Å². The molecule has 4 heteroatoms. The molecule has 0 saturated carbocycles. The van der Waals surface area contributed by atoms with Gasteiger partial charge in [0.2, 0.25) is 0 Å². The predicted octanol–water partition coefficient (Wildman–Crippen LogP) is 9.28. The van der Waals surface area contributed by atoms with Gasteiger partial charge in [0.25, 0.3) is 0 Å². The molecule has 0 atom stereocenters. The molecule has 8 bridgehead atoms. The van der Waals surface area contributed by atoms with E-state index in [-0.39, 0.29) is 0 Å². The fraction of sp³-hybridized carbons (Fsp3) is 0. The Morgan fingerprint density at radius 1 is 0.450 bits per heavy atom. The molecule has 9 rings (SSSR count). The summed E-state index contributed by atoms with van der Waals surface area (Å²) in [5.41, 5.74) is 10.1. The van der Waals surface area contributed by atoms with Gasteiger partial charge in [0, 0.05) is 33.2 Å². The lowest BCUT2D eigenvalue weighted by Crippen LogP contribution is -1.85. The molecule has 40 heavy (non-hydrogen) atoms. The van der Waals surface area contributed by atoms with E-state index in [2.05, 4.69) is 119 Å². The summed E-state index contributed by atoms with van der Waals surface area (Å²) in [6.45, 7) is 0. The second-order valence-corrected chi connectivity index (χ2v) is 10.6. The van der Waals surface area contributed by atoms with Crippen LogP contribution in [0.15, 0.2) is 109 Å². The van der Waals surface area contributed by atoms with Crippen molar-refractivity contribution >= 4 is 66.5 Å². The molecule has 2 aliphatic heterocycles. The fourth-order valence-corrected chi connectivity index (χ4v) is 6.14. The summed E-state index contributed by atoms with van der Waals surface area (Å²) >= 11 is 0. The number of nitrogens with zero attached hydrogens (tertiary/aromatic N) is 2. The topological polar surface area (TPSA) is 57.4 Å². The van der Waals surface area contributed by atoms with Crippen LogP contribution in [0.1, 0.15) is 11.4 Å². The quantitative estimate of drug-likeness (QED) is 0.158. The van der Waals surface area contributed by atoms with E-state index in [4.69, 9.17) is 9.97 Å². The van der Waals surface area contributed by atoms with E-state index in [1.54, 1.807) is 0 Å². The molecule has 3 aromatic heterocycles. The van der Waals surface area contributed by atoms with Gasteiger partial charge in [-0.05, 0) is 105 Å². The van der Waals surface area contributed by atoms with Crippen LogP contribution < -0.4 is 0 Å². The van der Waals surface area contributed by atoms with Crippen molar-refractivity contribution < 1.29 is 0 Å². The zero-order valence-electron chi connectivity index (χ0n) is 21.4. The van der Waals surface area contributed by atoms with Gasteiger partial charge in [-0.15, -0.1) is 0 Å². The van der Waals surface area contributed by atoms with Crippen LogP contribution in [0.2, 0.25) is 0 Å². The normalized spacial score (nSPS) is 12.4. The van der Waals surface area contributed by atoms with Gasteiger partial charge in [0.1, 0.15) is 0 Å². The Hall–Kier alpha value is -5.48. The van der Waals surface area contributed by atoms with Crippen molar-refractivity contribution in [2.45, 2.75) is 0 Å². The highest BCUT2D eigenvalue weighted by molar-refractivity contribution is 6.20. The molecule has 0 spiro atoms. The Kier molecular flexibility index (Phi) is 4.30. The average molecular weight is 511 g/mol. The van der Waals surface area contributed by atoms with Crippen LogP contribution in [0, 0.1) is 0 Å². The zero-order valence-corrected chi connectivity index (χ0v) is 21.4. The minimum absolute atomic E-state index is 0.925. The van der Waals surface area contributed by atoms with Crippen molar-refractivity contribution in [2.24, 2.45) is 0 Å². The second-order valence-electron chi connectivity index (χ2n) is 10.6. The Morgan fingerprint density at radius 2 is 1.05 bits per heavy atom. The number of hydrogen-bond acceptors (Lipinski definition) is 2. The number of aromatic nitrogens is 4. The Bertz CT molecular complexity index is 2390. The smallest absolute Gasteiger partial charge is 0.0743 e. The maximum atomic E-state index is 5.23. The van der Waals surface area contributed by atoms with Crippen LogP contribution in [0.3, 0.4) is 0 Å². The largest absolute Gasteiger partial charge is 0.355 e. The molecule has 5 heterocycles. The standard InChI is InChI=1S/C36H22N4/c1-2-4-23-16-32-24(15-22(23)3-1)6-5-21-7-14-31-33-19-29-12-10-27(38-29)17-25-8-9-26(37-25)18-28-11-13-30(39-28)20-34(40-33)36(31)35(21)32/h1-20,38-39H. The molecule has 4 aromatic carbocycles. The van der Waals surface area contributed by atoms with Gasteiger partial charge < -0.3 is 9.97 Å². The fourth-order valence-electron chi connectivity index (χ4n) is 6.14. The Labute approximate surface area is 229 Å². The van der Waals surface area contributed by atoms with Crippen LogP contribution in [-0.2, 0) is 0 Å². The van der Waals surface area contributed by atoms with E-state index in [0.29, 0.717) is 0 Å². The average Bonchev–Trinajstić information content (AvgIpc) is 3.77. The number of aromatic amines is 2. The number of hydrogen-bond donors (Lipinski definition) is 2. The molecule has 0 saturated heterocycles. The molecule has 0 radical (unpaired) electrons. The van der Waals surface area contributed by atoms with Crippen molar-refractivity contribution in [1.82, 2.24) is 19.9 Å². The third-order valence-corrected chi connectivity index (χ3v) is 7.98. The first-order valence-electron chi connectivity index (χ1n) is 13.5. The van der Waals surface area contributed by atoms with Crippen LogP contribution in [0.4, 0.5) is 0 Å². The first-order chi connectivity index (χ1) is 19.7. The number of rotatable bonds is 0. The second kappa shape index (κ2) is 8.01. The molecule has 2 aliphatic rings. The molecule has 4 nitrogen and oxygen atoms in total. The van der Waals surface area contributed by atoms with Gasteiger partial charge in [0.05, 0.1) is 22.8 Å². The summed E-state index contributed by atoms with van der Waals surface area (Å²) in [7, 11) is 0. The summed E-state index contributed by atoms with van der Waals surface area (Å²) in [6, 6.07) is 39.0. The predicted molar refractivity (Wildman–Crippen MR) is 167 cm³/mol. The highest BCUT2D eigenvalue weighted by atomic mass is 14.8. The van der Waals surface area contributed by atoms with Crippen LogP contribution in [-0.4, -0.2) is 19.9 Å². The molecule has 0 aliphatic carbocycles. The maximum Gasteiger partial charge on any atom is 0.0743 e. The number of H-pyrrole nitrogens is 2. The van der Waals surface area contributed by atoms with E-state index in [9.17, 15) is 0 Å². The maximum absolute atomic E-state index is 5.23. The molecule has 0 unspecified atom stereocenters. The first-order valence-corrected chi connectivity index (χ1v) is 13.5. The highest BCUT2D eigenvalue weighted by Crippen LogP contribution is 2.44. The number of nitrogens with one attached hydrogen (secondary N) is 2. The van der Waals surface area contributed by atoms with Crippen molar-refractivity contribution in [3.05, 3.63) is 121 Å².